The quantitative estimate of drug-likeness (QED) is 0.0192. The second kappa shape index (κ2) is 37.3. The zero-order chi connectivity index (χ0) is 39.1. The number of allylic oxidation sites excluding steroid dienone is 14. The van der Waals surface area contributed by atoms with Gasteiger partial charge in [-0.15, -0.1) is 0 Å². The van der Waals surface area contributed by atoms with E-state index in [1.165, 1.54) is 38.5 Å². The first kappa shape index (κ1) is 49.9. The van der Waals surface area contributed by atoms with Gasteiger partial charge in [0.2, 0.25) is 0 Å². The van der Waals surface area contributed by atoms with Gasteiger partial charge < -0.3 is 24.4 Å². The van der Waals surface area contributed by atoms with Crippen LogP contribution in [0.2, 0.25) is 0 Å². The molecule has 0 heterocycles. The molecule has 10 heteroatoms. The minimum absolute atomic E-state index is 0.0845. The number of rotatable bonds is 34. The first-order valence-corrected chi connectivity index (χ1v) is 21.2. The van der Waals surface area contributed by atoms with Crippen molar-refractivity contribution in [2.75, 3.05) is 13.2 Å². The Morgan fingerprint density at radius 1 is 0.585 bits per heavy atom. The van der Waals surface area contributed by atoms with Crippen molar-refractivity contribution < 1.29 is 43.0 Å². The lowest BCUT2D eigenvalue weighted by molar-refractivity contribution is -0.161. The molecule has 0 radical (unpaired) electrons. The van der Waals surface area contributed by atoms with Crippen LogP contribution >= 0.6 is 7.82 Å². The summed E-state index contributed by atoms with van der Waals surface area (Å²) >= 11 is 0. The molecule has 0 spiro atoms. The van der Waals surface area contributed by atoms with Crippen LogP contribution in [-0.4, -0.2) is 52.3 Å². The van der Waals surface area contributed by atoms with Crippen LogP contribution in [0, 0.1) is 0 Å². The molecule has 0 rings (SSSR count). The Balaban J connectivity index is 4.24. The fourth-order valence-corrected chi connectivity index (χ4v) is 5.03. The lowest BCUT2D eigenvalue weighted by atomic mass is 10.2. The van der Waals surface area contributed by atoms with Gasteiger partial charge in [-0.3, -0.25) is 14.1 Å². The summed E-state index contributed by atoms with van der Waals surface area (Å²) in [4.78, 5) is 42.7. The van der Waals surface area contributed by atoms with Crippen LogP contribution in [0.1, 0.15) is 136 Å². The van der Waals surface area contributed by atoms with Gasteiger partial charge in [0.05, 0.1) is 12.7 Å². The second-order valence-electron chi connectivity index (χ2n) is 12.7. The number of aliphatic hydroxyl groups is 1. The standard InChI is InChI=1S/C43H69O9P/c1-3-5-7-9-11-12-13-14-15-16-17-18-19-20-24-28-32-36-42(45)50-38-41(39-51-53(47,48)49)52-43(46)37-33-29-25-21-23-27-31-35-40(44)34-30-26-22-10-8-6-4-2/h11-12,14-15,17-18,20-22,24-27,30-31,34,40-41,44H,3-10,13,16,19,23,28-29,32-33,35-39H2,1-2H3,(H2,47,48,49)/b12-11-,15-14-,18-17-,24-20-,25-21+,26-22-,31-27-,34-30-/t40-,41+/m0/s1. The molecule has 0 aliphatic rings. The van der Waals surface area contributed by atoms with Gasteiger partial charge in [-0.2, -0.15) is 0 Å². The van der Waals surface area contributed by atoms with Crippen LogP contribution in [-0.2, 0) is 28.2 Å². The summed E-state index contributed by atoms with van der Waals surface area (Å²) in [5.74, 6) is -1.07. The molecule has 0 aliphatic heterocycles. The number of hydrogen-bond acceptors (Lipinski definition) is 7. The van der Waals surface area contributed by atoms with Crippen LogP contribution in [0.4, 0.5) is 0 Å². The van der Waals surface area contributed by atoms with Crippen molar-refractivity contribution in [3.8, 4) is 0 Å². The summed E-state index contributed by atoms with van der Waals surface area (Å²) in [6.45, 7) is 3.44. The minimum atomic E-state index is -4.80. The largest absolute Gasteiger partial charge is 0.469 e. The molecule has 0 aromatic rings. The van der Waals surface area contributed by atoms with Crippen LogP contribution < -0.4 is 0 Å². The van der Waals surface area contributed by atoms with E-state index in [1.807, 2.05) is 42.5 Å². The number of carbonyl (C=O) groups is 2. The third-order valence-electron chi connectivity index (χ3n) is 7.66. The van der Waals surface area contributed by atoms with Gasteiger partial charge in [0.1, 0.15) is 6.61 Å². The number of phosphoric ester groups is 1. The molecule has 0 aliphatic carbocycles. The molecular weight excluding hydrogens is 691 g/mol. The maximum atomic E-state index is 12.4. The first-order chi connectivity index (χ1) is 25.7. The van der Waals surface area contributed by atoms with Gasteiger partial charge in [0.15, 0.2) is 6.10 Å². The Hall–Kier alpha value is -3.07. The number of phosphoric acid groups is 1. The highest BCUT2D eigenvalue weighted by atomic mass is 31.2. The number of unbranched alkanes of at least 4 members (excludes halogenated alkanes) is 8. The molecular formula is C43H69O9P. The summed E-state index contributed by atoms with van der Waals surface area (Å²) in [7, 11) is -4.80. The molecule has 53 heavy (non-hydrogen) atoms. The van der Waals surface area contributed by atoms with E-state index in [1.54, 1.807) is 6.08 Å². The zero-order valence-corrected chi connectivity index (χ0v) is 33.4. The number of hydrogen-bond donors (Lipinski definition) is 3. The molecule has 0 amide bonds. The predicted octanol–water partition coefficient (Wildman–Crippen LogP) is 10.8. The van der Waals surface area contributed by atoms with Crippen LogP contribution in [0.5, 0.6) is 0 Å². The molecule has 3 N–H and O–H groups in total. The van der Waals surface area contributed by atoms with Crippen molar-refractivity contribution in [1.82, 2.24) is 0 Å². The molecule has 0 aromatic carbocycles. The number of carbonyl (C=O) groups excluding carboxylic acids is 2. The van der Waals surface area contributed by atoms with Gasteiger partial charge in [-0.25, -0.2) is 4.57 Å². The van der Waals surface area contributed by atoms with Gasteiger partial charge in [-0.05, 0) is 83.5 Å². The Kier molecular flexibility index (Phi) is 35.1. The highest BCUT2D eigenvalue weighted by Gasteiger charge is 2.22. The van der Waals surface area contributed by atoms with E-state index in [9.17, 15) is 19.3 Å². The van der Waals surface area contributed by atoms with Crippen LogP contribution in [0.25, 0.3) is 0 Å². The Morgan fingerprint density at radius 2 is 1.06 bits per heavy atom. The molecule has 0 saturated carbocycles. The van der Waals surface area contributed by atoms with Crippen LogP contribution in [0.3, 0.4) is 0 Å². The highest BCUT2D eigenvalue weighted by Crippen LogP contribution is 2.35. The van der Waals surface area contributed by atoms with Gasteiger partial charge >= 0.3 is 19.8 Å². The Labute approximate surface area is 320 Å². The van der Waals surface area contributed by atoms with Gasteiger partial charge in [0, 0.05) is 12.8 Å². The number of aliphatic hydroxyl groups excluding tert-OH is 1. The Bertz CT molecular complexity index is 1190. The average Bonchev–Trinajstić information content (AvgIpc) is 3.12. The van der Waals surface area contributed by atoms with Crippen molar-refractivity contribution in [3.63, 3.8) is 0 Å². The summed E-state index contributed by atoms with van der Waals surface area (Å²) in [5.41, 5.74) is 0. The maximum Gasteiger partial charge on any atom is 0.469 e. The fraction of sp³-hybridized carbons (Fsp3) is 0.581. The lowest BCUT2D eigenvalue weighted by Gasteiger charge is -2.18. The van der Waals surface area contributed by atoms with E-state index in [2.05, 4.69) is 67.0 Å². The monoisotopic (exact) mass is 760 g/mol. The van der Waals surface area contributed by atoms with Gasteiger partial charge in [-0.1, -0.05) is 137 Å². The normalized spacial score (nSPS) is 14.1. The molecule has 0 bridgehead atoms. The topological polar surface area (TPSA) is 140 Å². The smallest absolute Gasteiger partial charge is 0.462 e. The molecule has 9 nitrogen and oxygen atoms in total. The third kappa shape index (κ3) is 40.0. The SMILES string of the molecule is CCCCC/C=C\C=C/[C@H](O)C/C=C\C/C=C/CCCC(=O)O[C@H](COC(=O)CCC/C=C\C/C=C\C/C=C\C/C=C\CCCCC)COP(=O)(O)O. The molecule has 300 valence electrons. The summed E-state index contributed by atoms with van der Waals surface area (Å²) in [6, 6.07) is 0. The highest BCUT2D eigenvalue weighted by molar-refractivity contribution is 7.46. The van der Waals surface area contributed by atoms with E-state index in [-0.39, 0.29) is 19.4 Å². The van der Waals surface area contributed by atoms with E-state index in [0.717, 1.165) is 32.1 Å². The van der Waals surface area contributed by atoms with Crippen molar-refractivity contribution in [2.24, 2.45) is 0 Å². The zero-order valence-electron chi connectivity index (χ0n) is 32.5. The molecule has 0 unspecified atom stereocenters. The van der Waals surface area contributed by atoms with E-state index in [0.29, 0.717) is 38.5 Å². The third-order valence-corrected chi connectivity index (χ3v) is 8.14. The van der Waals surface area contributed by atoms with E-state index in [4.69, 9.17) is 19.3 Å². The summed E-state index contributed by atoms with van der Waals surface area (Å²) in [6.07, 6.45) is 47.3. The average molecular weight is 761 g/mol. The van der Waals surface area contributed by atoms with Crippen molar-refractivity contribution in [3.05, 3.63) is 97.2 Å². The minimum Gasteiger partial charge on any atom is -0.462 e. The fourth-order valence-electron chi connectivity index (χ4n) is 4.67. The van der Waals surface area contributed by atoms with Gasteiger partial charge in [0.25, 0.3) is 0 Å². The summed E-state index contributed by atoms with van der Waals surface area (Å²) in [5, 5.41) is 10.0. The first-order valence-electron chi connectivity index (χ1n) is 19.6. The predicted molar refractivity (Wildman–Crippen MR) is 217 cm³/mol. The van der Waals surface area contributed by atoms with Crippen molar-refractivity contribution in [1.29, 1.82) is 0 Å². The van der Waals surface area contributed by atoms with Crippen molar-refractivity contribution >= 4 is 19.8 Å². The molecule has 2 atom stereocenters. The molecule has 0 fully saturated rings. The number of ether oxygens (including phenoxy) is 2. The van der Waals surface area contributed by atoms with E-state index >= 15 is 0 Å². The molecule has 0 aromatic heterocycles. The van der Waals surface area contributed by atoms with E-state index < -0.39 is 38.6 Å². The maximum absolute atomic E-state index is 12.4. The Morgan fingerprint density at radius 3 is 1.58 bits per heavy atom. The van der Waals surface area contributed by atoms with Crippen LogP contribution in [0.15, 0.2) is 97.2 Å². The van der Waals surface area contributed by atoms with Crippen molar-refractivity contribution in [2.45, 2.75) is 148 Å². The summed E-state index contributed by atoms with van der Waals surface area (Å²) < 4.78 is 26.2. The molecule has 0 saturated heterocycles. The second-order valence-corrected chi connectivity index (χ2v) is 14.0. The number of esters is 2. The lowest BCUT2D eigenvalue weighted by Crippen LogP contribution is -2.29.